The topological polar surface area (TPSA) is 68.5 Å². The maximum absolute atomic E-state index is 12.5. The van der Waals surface area contributed by atoms with Crippen LogP contribution in [0.4, 0.5) is 5.95 Å². The van der Waals surface area contributed by atoms with Crippen molar-refractivity contribution in [1.82, 2.24) is 14.6 Å². The first-order valence-corrected chi connectivity index (χ1v) is 8.89. The van der Waals surface area contributed by atoms with E-state index in [-0.39, 0.29) is 5.91 Å². The number of carbonyl (C=O) groups excluding carboxylic acids is 1. The van der Waals surface area contributed by atoms with Crippen LogP contribution < -0.4 is 10.1 Å². The van der Waals surface area contributed by atoms with Crippen LogP contribution in [0.3, 0.4) is 0 Å². The molecular weight excluding hydrogens is 348 g/mol. The summed E-state index contributed by atoms with van der Waals surface area (Å²) in [6.07, 6.45) is 0. The van der Waals surface area contributed by atoms with Gasteiger partial charge in [0, 0.05) is 10.4 Å². The molecule has 6 nitrogen and oxygen atoms in total. The number of ether oxygens (including phenoxy) is 1. The Kier molecular flexibility index (Phi) is 4.14. The van der Waals surface area contributed by atoms with E-state index in [1.165, 1.54) is 0 Å². The number of aromatic nitrogens is 3. The third-order valence-electron chi connectivity index (χ3n) is 3.95. The Labute approximate surface area is 154 Å². The molecule has 0 unspecified atom stereocenters. The maximum Gasteiger partial charge on any atom is 0.258 e. The number of aryl methyl sites for hydroxylation is 2. The normalized spacial score (nSPS) is 10.8. The molecule has 0 aliphatic carbocycles. The lowest BCUT2D eigenvalue weighted by atomic mass is 10.2. The van der Waals surface area contributed by atoms with Crippen LogP contribution in [0.25, 0.3) is 4.96 Å². The average molecular weight is 364 g/mol. The van der Waals surface area contributed by atoms with E-state index in [0.717, 1.165) is 15.5 Å². The quantitative estimate of drug-likeness (QED) is 0.581. The molecule has 4 rings (SSSR count). The van der Waals surface area contributed by atoms with Gasteiger partial charge in [-0.05, 0) is 44.2 Å². The van der Waals surface area contributed by atoms with Gasteiger partial charge in [0.05, 0.1) is 5.69 Å². The summed E-state index contributed by atoms with van der Waals surface area (Å²) < 4.78 is 7.51. The predicted molar refractivity (Wildman–Crippen MR) is 101 cm³/mol. The monoisotopic (exact) mass is 364 g/mol. The number of amides is 1. The molecule has 0 spiro atoms. The number of para-hydroxylation sites is 1. The van der Waals surface area contributed by atoms with Crippen LogP contribution in [0.5, 0.6) is 11.5 Å². The van der Waals surface area contributed by atoms with E-state index in [2.05, 4.69) is 15.4 Å². The highest BCUT2D eigenvalue weighted by Gasteiger charge is 2.14. The van der Waals surface area contributed by atoms with Gasteiger partial charge in [0.25, 0.3) is 11.9 Å². The number of nitrogens with one attached hydrogen (secondary N) is 1. The van der Waals surface area contributed by atoms with E-state index >= 15 is 0 Å². The van der Waals surface area contributed by atoms with Gasteiger partial charge in [-0.15, -0.1) is 5.10 Å². The van der Waals surface area contributed by atoms with Gasteiger partial charge in [-0.1, -0.05) is 35.6 Å². The summed E-state index contributed by atoms with van der Waals surface area (Å²) in [6.45, 7) is 4.00. The third kappa shape index (κ3) is 3.16. The molecule has 0 fully saturated rings. The molecule has 0 bridgehead atoms. The minimum atomic E-state index is -0.281. The van der Waals surface area contributed by atoms with Gasteiger partial charge in [0.2, 0.25) is 4.96 Å². The number of anilines is 1. The molecule has 26 heavy (non-hydrogen) atoms. The predicted octanol–water partition coefficient (Wildman–Crippen LogP) is 4.45. The molecule has 2 aromatic heterocycles. The molecule has 0 atom stereocenters. The number of thiazole rings is 1. The second kappa shape index (κ2) is 6.61. The van der Waals surface area contributed by atoms with E-state index in [1.54, 1.807) is 40.1 Å². The summed E-state index contributed by atoms with van der Waals surface area (Å²) in [4.78, 5) is 18.8. The average Bonchev–Trinajstić information content (AvgIpc) is 3.15. The highest BCUT2D eigenvalue weighted by Crippen LogP contribution is 2.23. The molecule has 0 saturated carbocycles. The van der Waals surface area contributed by atoms with Gasteiger partial charge in [0.15, 0.2) is 0 Å². The molecule has 0 aliphatic rings. The Morgan fingerprint density at radius 3 is 2.62 bits per heavy atom. The summed E-state index contributed by atoms with van der Waals surface area (Å²) in [5, 5.41) is 7.08. The molecule has 0 saturated heterocycles. The van der Waals surface area contributed by atoms with Crippen molar-refractivity contribution in [2.24, 2.45) is 0 Å². The number of carbonyl (C=O) groups is 1. The highest BCUT2D eigenvalue weighted by atomic mass is 32.1. The number of rotatable bonds is 4. The molecule has 0 radical (unpaired) electrons. The second-order valence-electron chi connectivity index (χ2n) is 5.77. The molecule has 1 amide bonds. The fourth-order valence-electron chi connectivity index (χ4n) is 2.49. The zero-order chi connectivity index (χ0) is 18.1. The number of fused-ring (bicyclic) bond motifs is 1. The van der Waals surface area contributed by atoms with Crippen molar-refractivity contribution in [2.45, 2.75) is 13.8 Å². The molecule has 130 valence electrons. The lowest BCUT2D eigenvalue weighted by Gasteiger charge is -2.07. The lowest BCUT2D eigenvalue weighted by molar-refractivity contribution is 0.102. The van der Waals surface area contributed by atoms with Gasteiger partial charge < -0.3 is 4.74 Å². The smallest absolute Gasteiger partial charge is 0.258 e. The number of hydrogen-bond donors (Lipinski definition) is 1. The molecule has 1 N–H and O–H groups in total. The van der Waals surface area contributed by atoms with Crippen molar-refractivity contribution in [3.05, 3.63) is 70.7 Å². The number of nitrogens with zero attached hydrogens (tertiary/aromatic N) is 3. The Balaban J connectivity index is 1.53. The first-order valence-electron chi connectivity index (χ1n) is 8.07. The van der Waals surface area contributed by atoms with E-state index in [9.17, 15) is 4.79 Å². The van der Waals surface area contributed by atoms with Crippen molar-refractivity contribution in [3.8, 4) is 11.5 Å². The minimum Gasteiger partial charge on any atom is -0.457 e. The second-order valence-corrected chi connectivity index (χ2v) is 6.95. The number of benzene rings is 2. The fraction of sp³-hybridized carbons (Fsp3) is 0.105. The summed E-state index contributed by atoms with van der Waals surface area (Å²) in [5.41, 5.74) is 1.50. The van der Waals surface area contributed by atoms with E-state index in [4.69, 9.17) is 4.74 Å². The maximum atomic E-state index is 12.5. The van der Waals surface area contributed by atoms with Crippen LogP contribution >= 0.6 is 11.3 Å². The van der Waals surface area contributed by atoms with Crippen LogP contribution in [0.2, 0.25) is 0 Å². The molecule has 4 aromatic rings. The minimum absolute atomic E-state index is 0.281. The van der Waals surface area contributed by atoms with Gasteiger partial charge in [-0.3, -0.25) is 10.1 Å². The van der Waals surface area contributed by atoms with Crippen LogP contribution in [0.15, 0.2) is 54.6 Å². The fourth-order valence-corrected chi connectivity index (χ4v) is 3.40. The first kappa shape index (κ1) is 16.3. The molecule has 7 heteroatoms. The Hall–Kier alpha value is -3.19. The Morgan fingerprint density at radius 2 is 1.85 bits per heavy atom. The van der Waals surface area contributed by atoms with Crippen LogP contribution in [-0.2, 0) is 0 Å². The molecular formula is C19H16N4O2S. The summed E-state index contributed by atoms with van der Waals surface area (Å²) in [5.74, 6) is 1.32. The largest absolute Gasteiger partial charge is 0.457 e. The first-order chi connectivity index (χ1) is 12.6. The van der Waals surface area contributed by atoms with Gasteiger partial charge >= 0.3 is 0 Å². The van der Waals surface area contributed by atoms with Crippen molar-refractivity contribution in [3.63, 3.8) is 0 Å². The van der Waals surface area contributed by atoms with E-state index in [0.29, 0.717) is 23.0 Å². The highest BCUT2D eigenvalue weighted by molar-refractivity contribution is 7.17. The SMILES string of the molecule is Cc1sc2nc(NC(=O)c3cccc(Oc4ccccc4)c3)nn2c1C. The summed E-state index contributed by atoms with van der Waals surface area (Å²) >= 11 is 1.54. The van der Waals surface area contributed by atoms with Crippen molar-refractivity contribution in [2.75, 3.05) is 5.32 Å². The van der Waals surface area contributed by atoms with Crippen molar-refractivity contribution < 1.29 is 9.53 Å². The number of hydrogen-bond acceptors (Lipinski definition) is 5. The standard InChI is InChI=1S/C19H16N4O2S/c1-12-13(2)26-19-21-18(22-23(12)19)20-17(24)14-7-6-10-16(11-14)25-15-8-4-3-5-9-15/h3-11H,1-2H3,(H,20,22,24). The Morgan fingerprint density at radius 1 is 1.08 bits per heavy atom. The van der Waals surface area contributed by atoms with Gasteiger partial charge in [-0.2, -0.15) is 4.98 Å². The van der Waals surface area contributed by atoms with Gasteiger partial charge in [-0.25, -0.2) is 4.52 Å². The molecule has 2 aromatic carbocycles. The van der Waals surface area contributed by atoms with Crippen LogP contribution in [-0.4, -0.2) is 20.5 Å². The van der Waals surface area contributed by atoms with Crippen LogP contribution in [0, 0.1) is 13.8 Å². The van der Waals surface area contributed by atoms with Crippen LogP contribution in [0.1, 0.15) is 20.9 Å². The lowest BCUT2D eigenvalue weighted by Crippen LogP contribution is -2.13. The summed E-state index contributed by atoms with van der Waals surface area (Å²) in [6, 6.07) is 16.4. The Bertz CT molecular complexity index is 1090. The zero-order valence-electron chi connectivity index (χ0n) is 14.3. The van der Waals surface area contributed by atoms with Crippen molar-refractivity contribution in [1.29, 1.82) is 0 Å². The molecule has 2 heterocycles. The summed E-state index contributed by atoms with van der Waals surface area (Å²) in [7, 11) is 0. The van der Waals surface area contributed by atoms with Gasteiger partial charge in [0.1, 0.15) is 11.5 Å². The zero-order valence-corrected chi connectivity index (χ0v) is 15.1. The van der Waals surface area contributed by atoms with Crippen molar-refractivity contribution >= 4 is 28.2 Å². The third-order valence-corrected chi connectivity index (χ3v) is 5.00. The molecule has 0 aliphatic heterocycles. The van der Waals surface area contributed by atoms with E-state index in [1.807, 2.05) is 44.2 Å². The van der Waals surface area contributed by atoms with E-state index < -0.39 is 0 Å².